The Morgan fingerprint density at radius 2 is 1.72 bits per heavy atom. The molecule has 0 aromatic heterocycles. The van der Waals surface area contributed by atoms with Gasteiger partial charge in [-0.05, 0) is 36.6 Å². The van der Waals surface area contributed by atoms with Gasteiger partial charge in [-0.2, -0.15) is 0 Å². The summed E-state index contributed by atoms with van der Waals surface area (Å²) in [6.07, 6.45) is 5.53. The van der Waals surface area contributed by atoms with Crippen LogP contribution in [0.5, 0.6) is 0 Å². The lowest BCUT2D eigenvalue weighted by atomic mass is 9.76. The van der Waals surface area contributed by atoms with Crippen LogP contribution in [0.25, 0.3) is 0 Å². The predicted octanol–water partition coefficient (Wildman–Crippen LogP) is 4.60. The first-order valence-corrected chi connectivity index (χ1v) is 10.5. The first kappa shape index (κ1) is 15.5. The maximum atomic E-state index is 11.7. The molecular weight excluding hydrogens is 240 g/mol. The number of rotatable bonds is 4. The highest BCUT2D eigenvalue weighted by Crippen LogP contribution is 2.51. The van der Waals surface area contributed by atoms with Crippen molar-refractivity contribution < 1.29 is 9.53 Å². The van der Waals surface area contributed by atoms with Crippen molar-refractivity contribution >= 4 is 14.0 Å². The maximum Gasteiger partial charge on any atom is 0.313 e. The van der Waals surface area contributed by atoms with Crippen molar-refractivity contribution in [1.29, 1.82) is 0 Å². The molecule has 1 aliphatic rings. The second-order valence-electron chi connectivity index (χ2n) is 7.12. The second-order valence-corrected chi connectivity index (χ2v) is 12.9. The SMILES string of the molecule is C=COC(=O)C1CCC(C(C)(C)[Si](C)(C)C)CC1. The van der Waals surface area contributed by atoms with E-state index in [1.165, 1.54) is 6.26 Å². The normalized spacial score (nSPS) is 25.6. The lowest BCUT2D eigenvalue weighted by Crippen LogP contribution is -2.42. The second kappa shape index (κ2) is 5.60. The topological polar surface area (TPSA) is 26.3 Å². The van der Waals surface area contributed by atoms with E-state index >= 15 is 0 Å². The number of hydrogen-bond donors (Lipinski definition) is 0. The zero-order chi connectivity index (χ0) is 14.0. The van der Waals surface area contributed by atoms with E-state index in [9.17, 15) is 4.79 Å². The Kier molecular flexibility index (Phi) is 4.82. The van der Waals surface area contributed by atoms with Gasteiger partial charge in [0.25, 0.3) is 0 Å². The molecule has 0 aromatic rings. The lowest BCUT2D eigenvalue weighted by molar-refractivity contribution is -0.144. The van der Waals surface area contributed by atoms with Crippen LogP contribution in [0.15, 0.2) is 12.8 Å². The standard InChI is InChI=1S/C15H28O2Si/c1-7-17-14(16)12-8-10-13(11-9-12)15(2,3)18(4,5)6/h7,12-13H,1,8-11H2,2-6H3. The van der Waals surface area contributed by atoms with Crippen molar-refractivity contribution in [2.45, 2.75) is 64.2 Å². The van der Waals surface area contributed by atoms with E-state index in [0.717, 1.165) is 31.6 Å². The van der Waals surface area contributed by atoms with Gasteiger partial charge in [-0.3, -0.25) is 4.79 Å². The summed E-state index contributed by atoms with van der Waals surface area (Å²) in [6.45, 7) is 15.6. The Labute approximate surface area is 113 Å². The highest BCUT2D eigenvalue weighted by atomic mass is 28.3. The molecule has 0 saturated heterocycles. The first-order chi connectivity index (χ1) is 8.20. The summed E-state index contributed by atoms with van der Waals surface area (Å²) in [7, 11) is -1.17. The molecule has 3 heteroatoms. The minimum atomic E-state index is -1.17. The summed E-state index contributed by atoms with van der Waals surface area (Å²) in [5.41, 5.74) is 0. The monoisotopic (exact) mass is 268 g/mol. The molecule has 0 bridgehead atoms. The fourth-order valence-corrected chi connectivity index (χ4v) is 4.35. The van der Waals surface area contributed by atoms with E-state index in [1.54, 1.807) is 0 Å². The third kappa shape index (κ3) is 3.25. The largest absolute Gasteiger partial charge is 0.435 e. The third-order valence-corrected chi connectivity index (χ3v) is 9.49. The van der Waals surface area contributed by atoms with Crippen molar-refractivity contribution in [3.8, 4) is 0 Å². The number of carbonyl (C=O) groups excluding carboxylic acids is 1. The van der Waals surface area contributed by atoms with Crippen LogP contribution in [0.4, 0.5) is 0 Å². The van der Waals surface area contributed by atoms with Crippen molar-refractivity contribution in [2.24, 2.45) is 11.8 Å². The first-order valence-electron chi connectivity index (χ1n) is 7.01. The van der Waals surface area contributed by atoms with E-state index in [-0.39, 0.29) is 11.9 Å². The summed E-state index contributed by atoms with van der Waals surface area (Å²) in [5.74, 6) is 0.767. The Hall–Kier alpha value is -0.573. The molecule has 1 saturated carbocycles. The van der Waals surface area contributed by atoms with Gasteiger partial charge >= 0.3 is 5.97 Å². The average Bonchev–Trinajstić information content (AvgIpc) is 2.28. The van der Waals surface area contributed by atoms with Gasteiger partial charge in [-0.15, -0.1) is 0 Å². The fraction of sp³-hybridized carbons (Fsp3) is 0.800. The van der Waals surface area contributed by atoms with E-state index in [0.29, 0.717) is 5.04 Å². The third-order valence-electron chi connectivity index (χ3n) is 5.21. The smallest absolute Gasteiger partial charge is 0.313 e. The van der Waals surface area contributed by atoms with Crippen LogP contribution in [-0.2, 0) is 9.53 Å². The van der Waals surface area contributed by atoms with Gasteiger partial charge in [0, 0.05) is 0 Å². The molecule has 18 heavy (non-hydrogen) atoms. The van der Waals surface area contributed by atoms with E-state index in [1.807, 2.05) is 0 Å². The van der Waals surface area contributed by atoms with Crippen LogP contribution in [0.1, 0.15) is 39.5 Å². The van der Waals surface area contributed by atoms with Crippen LogP contribution in [0.2, 0.25) is 24.7 Å². The highest BCUT2D eigenvalue weighted by molar-refractivity contribution is 6.79. The van der Waals surface area contributed by atoms with Crippen molar-refractivity contribution in [3.63, 3.8) is 0 Å². The molecule has 0 amide bonds. The van der Waals surface area contributed by atoms with E-state index in [2.05, 4.69) is 40.1 Å². The quantitative estimate of drug-likeness (QED) is 0.423. The molecule has 1 aliphatic carbocycles. The molecule has 1 rings (SSSR count). The van der Waals surface area contributed by atoms with E-state index < -0.39 is 8.07 Å². The summed E-state index contributed by atoms with van der Waals surface area (Å²) in [5, 5.41) is 0.445. The summed E-state index contributed by atoms with van der Waals surface area (Å²) in [6, 6.07) is 0. The average molecular weight is 268 g/mol. The molecule has 0 atom stereocenters. The van der Waals surface area contributed by atoms with Gasteiger partial charge in [-0.1, -0.05) is 40.1 Å². The van der Waals surface area contributed by atoms with Gasteiger partial charge in [0.15, 0.2) is 0 Å². The van der Waals surface area contributed by atoms with Crippen LogP contribution in [0.3, 0.4) is 0 Å². The molecule has 0 spiro atoms. The molecule has 2 nitrogen and oxygen atoms in total. The molecule has 0 aromatic carbocycles. The van der Waals surface area contributed by atoms with Crippen molar-refractivity contribution in [3.05, 3.63) is 12.8 Å². The highest BCUT2D eigenvalue weighted by Gasteiger charge is 2.43. The van der Waals surface area contributed by atoms with Gasteiger partial charge in [0.05, 0.1) is 20.3 Å². The summed E-state index contributed by atoms with van der Waals surface area (Å²) < 4.78 is 4.90. The van der Waals surface area contributed by atoms with Gasteiger partial charge < -0.3 is 4.74 Å². The minimum absolute atomic E-state index is 0.0886. The van der Waals surface area contributed by atoms with Crippen LogP contribution >= 0.6 is 0 Å². The molecular formula is C15H28O2Si. The van der Waals surface area contributed by atoms with Crippen LogP contribution < -0.4 is 0 Å². The molecule has 0 aliphatic heterocycles. The van der Waals surface area contributed by atoms with Crippen molar-refractivity contribution in [1.82, 2.24) is 0 Å². The lowest BCUT2D eigenvalue weighted by Gasteiger charge is -2.46. The molecule has 104 valence electrons. The Balaban J connectivity index is 2.59. The van der Waals surface area contributed by atoms with Crippen LogP contribution in [-0.4, -0.2) is 14.0 Å². The Bertz CT molecular complexity index is 307. The molecule has 0 unspecified atom stereocenters. The number of hydrogen-bond acceptors (Lipinski definition) is 2. The Morgan fingerprint density at radius 1 is 1.22 bits per heavy atom. The number of ether oxygens (including phenoxy) is 1. The van der Waals surface area contributed by atoms with Crippen LogP contribution in [0, 0.1) is 11.8 Å². The molecule has 0 N–H and O–H groups in total. The minimum Gasteiger partial charge on any atom is -0.435 e. The van der Waals surface area contributed by atoms with Crippen molar-refractivity contribution in [2.75, 3.05) is 0 Å². The number of carbonyl (C=O) groups is 1. The fourth-order valence-electron chi connectivity index (χ4n) is 2.84. The van der Waals surface area contributed by atoms with Gasteiger partial charge in [-0.25, -0.2) is 0 Å². The predicted molar refractivity (Wildman–Crippen MR) is 79.1 cm³/mol. The maximum absolute atomic E-state index is 11.7. The molecule has 0 radical (unpaired) electrons. The summed E-state index contributed by atoms with van der Waals surface area (Å²) >= 11 is 0. The molecule has 1 fully saturated rings. The zero-order valence-electron chi connectivity index (χ0n) is 12.6. The Morgan fingerprint density at radius 3 is 2.11 bits per heavy atom. The van der Waals surface area contributed by atoms with E-state index in [4.69, 9.17) is 4.74 Å². The summed E-state index contributed by atoms with van der Waals surface area (Å²) in [4.78, 5) is 11.7. The zero-order valence-corrected chi connectivity index (χ0v) is 13.6. The number of esters is 1. The molecule has 0 heterocycles. The van der Waals surface area contributed by atoms with Gasteiger partial charge in [0.1, 0.15) is 0 Å². The van der Waals surface area contributed by atoms with Gasteiger partial charge in [0.2, 0.25) is 0 Å².